The fourth-order valence-corrected chi connectivity index (χ4v) is 7.17. The summed E-state index contributed by atoms with van der Waals surface area (Å²) in [7, 11) is -2.92. The Bertz CT molecular complexity index is 1030. The Hall–Kier alpha value is -1.87. The highest BCUT2D eigenvalue weighted by atomic mass is 32.2. The highest BCUT2D eigenvalue weighted by Crippen LogP contribution is 2.50. The van der Waals surface area contributed by atoms with Crippen molar-refractivity contribution in [3.8, 4) is 11.1 Å². The summed E-state index contributed by atoms with van der Waals surface area (Å²) in [5.74, 6) is 0. The SMILES string of the molecule is CC1(C)c2ccccc2-c2ccc(C3=CC4CCC(C3)S4(=O)=O)cc21. The molecule has 25 heavy (non-hydrogen) atoms. The van der Waals surface area contributed by atoms with E-state index in [2.05, 4.69) is 56.3 Å². The van der Waals surface area contributed by atoms with Gasteiger partial charge in [-0.25, -0.2) is 8.42 Å². The summed E-state index contributed by atoms with van der Waals surface area (Å²) in [5, 5.41) is -0.435. The van der Waals surface area contributed by atoms with Gasteiger partial charge in [0.1, 0.15) is 0 Å². The Morgan fingerprint density at radius 2 is 1.72 bits per heavy atom. The maximum Gasteiger partial charge on any atom is 0.159 e. The van der Waals surface area contributed by atoms with Gasteiger partial charge in [0.25, 0.3) is 0 Å². The minimum Gasteiger partial charge on any atom is -0.228 e. The van der Waals surface area contributed by atoms with E-state index in [0.29, 0.717) is 6.42 Å². The largest absolute Gasteiger partial charge is 0.228 e. The van der Waals surface area contributed by atoms with E-state index in [0.717, 1.165) is 12.8 Å². The molecule has 0 saturated carbocycles. The van der Waals surface area contributed by atoms with E-state index < -0.39 is 9.84 Å². The lowest BCUT2D eigenvalue weighted by Crippen LogP contribution is -2.26. The van der Waals surface area contributed by atoms with Crippen molar-refractivity contribution in [2.24, 2.45) is 0 Å². The second kappa shape index (κ2) is 4.85. The molecule has 1 aliphatic carbocycles. The number of hydrogen-bond donors (Lipinski definition) is 0. The summed E-state index contributed by atoms with van der Waals surface area (Å²) in [6.07, 6.45) is 4.30. The number of hydrogen-bond acceptors (Lipinski definition) is 2. The second-order valence-electron chi connectivity index (χ2n) is 8.15. The first-order valence-corrected chi connectivity index (χ1v) is 10.7. The minimum absolute atomic E-state index is 0.0117. The molecule has 2 nitrogen and oxygen atoms in total. The fraction of sp³-hybridized carbons (Fsp3) is 0.364. The van der Waals surface area contributed by atoms with Crippen LogP contribution in [-0.2, 0) is 15.3 Å². The molecule has 3 aliphatic rings. The third-order valence-electron chi connectivity index (χ3n) is 6.45. The lowest BCUT2D eigenvalue weighted by atomic mass is 9.81. The van der Waals surface area contributed by atoms with Crippen LogP contribution in [-0.4, -0.2) is 18.9 Å². The summed E-state index contributed by atoms with van der Waals surface area (Å²) in [4.78, 5) is 0. The molecule has 2 aliphatic heterocycles. The summed E-state index contributed by atoms with van der Waals surface area (Å²) in [6, 6.07) is 15.4. The molecule has 1 fully saturated rings. The molecule has 2 aromatic rings. The molecule has 3 heteroatoms. The van der Waals surface area contributed by atoms with E-state index in [1.807, 2.05) is 6.08 Å². The van der Waals surface area contributed by atoms with E-state index in [4.69, 9.17) is 0 Å². The van der Waals surface area contributed by atoms with Crippen molar-refractivity contribution in [3.05, 3.63) is 65.2 Å². The van der Waals surface area contributed by atoms with E-state index >= 15 is 0 Å². The van der Waals surface area contributed by atoms with Gasteiger partial charge >= 0.3 is 0 Å². The predicted octanol–water partition coefficient (Wildman–Crippen LogP) is 4.73. The van der Waals surface area contributed by atoms with Crippen LogP contribution in [0.5, 0.6) is 0 Å². The number of sulfone groups is 1. The molecule has 0 spiro atoms. The van der Waals surface area contributed by atoms with E-state index in [-0.39, 0.29) is 15.9 Å². The van der Waals surface area contributed by atoms with Crippen LogP contribution < -0.4 is 0 Å². The van der Waals surface area contributed by atoms with Crippen LogP contribution in [0.4, 0.5) is 0 Å². The molecule has 0 N–H and O–H groups in total. The van der Waals surface area contributed by atoms with Crippen LogP contribution in [0.3, 0.4) is 0 Å². The smallest absolute Gasteiger partial charge is 0.159 e. The molecule has 5 rings (SSSR count). The average Bonchev–Trinajstić information content (AvgIpc) is 2.89. The maximum absolute atomic E-state index is 12.3. The van der Waals surface area contributed by atoms with Gasteiger partial charge in [0.15, 0.2) is 9.84 Å². The zero-order chi connectivity index (χ0) is 17.4. The molecule has 2 unspecified atom stereocenters. The zero-order valence-electron chi connectivity index (χ0n) is 14.6. The Morgan fingerprint density at radius 1 is 0.960 bits per heavy atom. The number of fused-ring (bicyclic) bond motifs is 5. The number of benzene rings is 2. The van der Waals surface area contributed by atoms with Gasteiger partial charge < -0.3 is 0 Å². The second-order valence-corrected chi connectivity index (χ2v) is 10.6. The molecular weight excluding hydrogens is 328 g/mol. The third kappa shape index (κ3) is 1.99. The topological polar surface area (TPSA) is 34.1 Å². The normalized spacial score (nSPS) is 27.5. The lowest BCUT2D eigenvalue weighted by molar-refractivity contribution is 0.585. The summed E-state index contributed by atoms with van der Waals surface area (Å²) in [5.41, 5.74) is 7.78. The van der Waals surface area contributed by atoms with Gasteiger partial charge in [0, 0.05) is 5.41 Å². The van der Waals surface area contributed by atoms with Gasteiger partial charge in [-0.05, 0) is 58.7 Å². The van der Waals surface area contributed by atoms with E-state index in [9.17, 15) is 8.42 Å². The quantitative estimate of drug-likeness (QED) is 0.745. The van der Waals surface area contributed by atoms with Gasteiger partial charge in [-0.15, -0.1) is 0 Å². The molecule has 2 heterocycles. The first-order chi connectivity index (χ1) is 11.9. The summed E-state index contributed by atoms with van der Waals surface area (Å²) < 4.78 is 24.7. The van der Waals surface area contributed by atoms with Crippen molar-refractivity contribution in [1.82, 2.24) is 0 Å². The highest BCUT2D eigenvalue weighted by Gasteiger charge is 2.43. The minimum atomic E-state index is -2.92. The zero-order valence-corrected chi connectivity index (χ0v) is 15.4. The maximum atomic E-state index is 12.3. The van der Waals surface area contributed by atoms with Crippen molar-refractivity contribution >= 4 is 15.4 Å². The molecular formula is C22H22O2S. The first-order valence-electron chi connectivity index (χ1n) is 9.07. The van der Waals surface area contributed by atoms with Crippen LogP contribution in [0.15, 0.2) is 48.5 Å². The van der Waals surface area contributed by atoms with E-state index in [1.54, 1.807) is 0 Å². The average molecular weight is 350 g/mol. The molecule has 0 aromatic heterocycles. The van der Waals surface area contributed by atoms with Gasteiger partial charge in [-0.1, -0.05) is 56.3 Å². The Balaban J connectivity index is 1.63. The predicted molar refractivity (Wildman–Crippen MR) is 102 cm³/mol. The number of rotatable bonds is 1. The van der Waals surface area contributed by atoms with Crippen LogP contribution in [0, 0.1) is 0 Å². The first kappa shape index (κ1) is 15.4. The van der Waals surface area contributed by atoms with Gasteiger partial charge in [-0.3, -0.25) is 0 Å². The molecule has 0 radical (unpaired) electrons. The Labute approximate surface area is 149 Å². The molecule has 128 valence electrons. The Morgan fingerprint density at radius 3 is 2.52 bits per heavy atom. The molecule has 1 saturated heterocycles. The highest BCUT2D eigenvalue weighted by molar-refractivity contribution is 7.93. The van der Waals surface area contributed by atoms with Crippen molar-refractivity contribution in [3.63, 3.8) is 0 Å². The van der Waals surface area contributed by atoms with E-state index in [1.165, 1.54) is 33.4 Å². The summed E-state index contributed by atoms with van der Waals surface area (Å²) in [6.45, 7) is 4.57. The standard InChI is InChI=1S/C22H22O2S/c1-22(2)20-6-4-3-5-18(20)19-10-7-14(13-21(19)22)15-11-16-8-9-17(12-15)25(16,23)24/h3-7,10-11,13,16-17H,8-9,12H2,1-2H3. The molecule has 2 aromatic carbocycles. The van der Waals surface area contributed by atoms with Gasteiger partial charge in [-0.2, -0.15) is 0 Å². The number of allylic oxidation sites excluding steroid dienone is 1. The van der Waals surface area contributed by atoms with Crippen molar-refractivity contribution < 1.29 is 8.42 Å². The lowest BCUT2D eigenvalue weighted by Gasteiger charge is -2.24. The van der Waals surface area contributed by atoms with Crippen molar-refractivity contribution in [2.45, 2.75) is 49.0 Å². The molecule has 2 bridgehead atoms. The monoisotopic (exact) mass is 350 g/mol. The molecule has 0 amide bonds. The fourth-order valence-electron chi connectivity index (χ4n) is 4.98. The third-order valence-corrected chi connectivity index (χ3v) is 9.00. The van der Waals surface area contributed by atoms with Crippen molar-refractivity contribution in [1.29, 1.82) is 0 Å². The van der Waals surface area contributed by atoms with Crippen LogP contribution in [0.2, 0.25) is 0 Å². The van der Waals surface area contributed by atoms with Gasteiger partial charge in [0.2, 0.25) is 0 Å². The van der Waals surface area contributed by atoms with Crippen molar-refractivity contribution in [2.75, 3.05) is 0 Å². The van der Waals surface area contributed by atoms with Crippen LogP contribution in [0.25, 0.3) is 16.7 Å². The van der Waals surface area contributed by atoms with Gasteiger partial charge in [0.05, 0.1) is 10.5 Å². The van der Waals surface area contributed by atoms with Crippen LogP contribution in [0.1, 0.15) is 49.8 Å². The summed E-state index contributed by atoms with van der Waals surface area (Å²) >= 11 is 0. The molecule has 2 atom stereocenters. The van der Waals surface area contributed by atoms with Crippen LogP contribution >= 0.6 is 0 Å². The Kier molecular flexibility index (Phi) is 2.99.